The monoisotopic (exact) mass is 1670 g/mol. The molecule has 0 bridgehead atoms. The lowest BCUT2D eigenvalue weighted by molar-refractivity contribution is 1.34. The molecule has 0 heteroatoms. The highest BCUT2D eigenvalue weighted by Crippen LogP contribution is 2.31. The van der Waals surface area contributed by atoms with E-state index in [0.29, 0.717) is 0 Å². The summed E-state index contributed by atoms with van der Waals surface area (Å²) in [7, 11) is 0. The predicted molar refractivity (Wildman–Crippen MR) is 563 cm³/mol. The number of benzene rings is 18. The smallest absolute Gasteiger partial charge is 0.0152 e. The summed E-state index contributed by atoms with van der Waals surface area (Å²) in [6.45, 7) is 42.4. The molecule has 128 heavy (non-hydrogen) atoms. The van der Waals surface area contributed by atoms with E-state index in [0.717, 1.165) is 0 Å². The van der Waals surface area contributed by atoms with Crippen LogP contribution in [-0.2, 0) is 0 Å². The van der Waals surface area contributed by atoms with Crippen LogP contribution in [0.1, 0.15) is 111 Å². The van der Waals surface area contributed by atoms with E-state index in [2.05, 4.69) is 575 Å². The largest absolute Gasteiger partial charge is 0.0620 e. The third-order valence-electron chi connectivity index (χ3n) is 22.2. The molecule has 0 aliphatic heterocycles. The van der Waals surface area contributed by atoms with E-state index in [1.165, 1.54) is 200 Å². The fourth-order valence-corrected chi connectivity index (χ4v) is 14.3. The van der Waals surface area contributed by atoms with Crippen LogP contribution in [0.15, 0.2) is 437 Å². The first-order valence-corrected chi connectivity index (χ1v) is 44.8. The molecule has 18 aromatic carbocycles. The summed E-state index contributed by atoms with van der Waals surface area (Å²) in [4.78, 5) is 0. The molecule has 0 amide bonds. The van der Waals surface area contributed by atoms with Crippen LogP contribution in [0.4, 0.5) is 0 Å². The minimum Gasteiger partial charge on any atom is -0.0620 e. The Kier molecular flexibility index (Phi) is 39.3. The first-order valence-electron chi connectivity index (χ1n) is 44.8. The van der Waals surface area contributed by atoms with Crippen LogP contribution < -0.4 is 0 Å². The van der Waals surface area contributed by atoms with Gasteiger partial charge >= 0.3 is 0 Å². The first kappa shape index (κ1) is 97.8. The zero-order valence-corrected chi connectivity index (χ0v) is 79.6. The van der Waals surface area contributed by atoms with E-state index in [1.54, 1.807) is 0 Å². The third-order valence-corrected chi connectivity index (χ3v) is 22.2. The van der Waals surface area contributed by atoms with E-state index >= 15 is 0 Å². The van der Waals surface area contributed by atoms with Gasteiger partial charge in [0.05, 0.1) is 0 Å². The van der Waals surface area contributed by atoms with Crippen molar-refractivity contribution in [2.24, 2.45) is 0 Å². The van der Waals surface area contributed by atoms with Gasteiger partial charge in [-0.25, -0.2) is 0 Å². The third kappa shape index (κ3) is 33.5. The normalized spacial score (nSPS) is 10.0. The maximum atomic E-state index is 2.22. The molecule has 0 fully saturated rings. The Morgan fingerprint density at radius 3 is 0.461 bits per heavy atom. The van der Waals surface area contributed by atoms with Gasteiger partial charge in [0.1, 0.15) is 0 Å². The Bertz CT molecular complexity index is 6060. The van der Waals surface area contributed by atoms with Crippen LogP contribution in [0.2, 0.25) is 0 Å². The second kappa shape index (κ2) is 51.4. The molecule has 0 heterocycles. The van der Waals surface area contributed by atoms with Crippen molar-refractivity contribution in [3.8, 4) is 89.0 Å². The summed E-state index contributed by atoms with van der Waals surface area (Å²) in [5, 5.41) is 0. The molecule has 0 saturated heterocycles. The van der Waals surface area contributed by atoms with Crippen molar-refractivity contribution < 1.29 is 0 Å². The molecule has 0 N–H and O–H groups in total. The van der Waals surface area contributed by atoms with Gasteiger partial charge in [-0.3, -0.25) is 0 Å². The molecule has 0 nitrogen and oxygen atoms in total. The second-order valence-corrected chi connectivity index (χ2v) is 33.9. The van der Waals surface area contributed by atoms with Crippen molar-refractivity contribution in [1.29, 1.82) is 0 Å². The van der Waals surface area contributed by atoms with E-state index in [1.807, 2.05) is 0 Å². The lowest BCUT2D eigenvalue weighted by atomic mass is 9.97. The zero-order chi connectivity index (χ0) is 91.7. The van der Waals surface area contributed by atoms with E-state index in [4.69, 9.17) is 0 Å². The summed E-state index contributed by atoms with van der Waals surface area (Å²) >= 11 is 0. The molecule has 0 saturated carbocycles. The molecule has 0 aliphatic rings. The Balaban J connectivity index is 0.000000162. The lowest BCUT2D eigenvalue weighted by Gasteiger charge is -2.08. The van der Waals surface area contributed by atoms with Gasteiger partial charge in [0.25, 0.3) is 0 Å². The standard InChI is InChI=1S/C20H18.6C14H14.3C8H10/c1-15-3-7-17(8-4-15)19-11-13-20(14-12-19)18-9-5-16(2)6-10-18;1-11-3-7-13(8-4-11)14-9-5-12(2)6-10-14;1-11-5-3-7-13(9-11)14-8-4-6-12(2)10-14;1-11-7-3-5-9-13(11)14-10-6-4-8-12(14)2;1-11-6-5-8-13(10-11)14-9-4-3-7-12(14)2;1-11-6-8-13(9-7-11)14-5-3-4-12(2)10-14;1-11-7-9-13(10-8-11)14-6-4-3-5-12(14)2;1-7-3-5-8(2)6-4-7;1-7-4-3-5-8(2)6-7;1-7-5-3-4-6-8(7)2/h3-14H,1-2H3;6*3-10H,1-2H3;3*3-6H,1-2H3. The number of hydrogen-bond donors (Lipinski definition) is 0. The van der Waals surface area contributed by atoms with Gasteiger partial charge in [-0.15, -0.1) is 0 Å². The quantitative estimate of drug-likeness (QED) is 0.142. The minimum absolute atomic E-state index is 1.26. The van der Waals surface area contributed by atoms with Crippen molar-refractivity contribution >= 4 is 0 Å². The number of rotatable bonds is 8. The van der Waals surface area contributed by atoms with Crippen molar-refractivity contribution in [2.45, 2.75) is 138 Å². The minimum atomic E-state index is 1.26. The van der Waals surface area contributed by atoms with Gasteiger partial charge in [0, 0.05) is 0 Å². The Morgan fingerprint density at radius 1 is 0.0859 bits per heavy atom. The molecule has 0 radical (unpaired) electrons. The molecule has 0 aromatic heterocycles. The molecule has 18 aromatic rings. The van der Waals surface area contributed by atoms with Crippen molar-refractivity contribution in [3.05, 3.63) is 548 Å². The molecule has 0 spiro atoms. The molecule has 0 atom stereocenters. The lowest BCUT2D eigenvalue weighted by Crippen LogP contribution is -1.85. The highest BCUT2D eigenvalue weighted by atomic mass is 14.1. The number of aryl methyl sites for hydroxylation is 20. The van der Waals surface area contributed by atoms with Gasteiger partial charge in [0.2, 0.25) is 0 Å². The topological polar surface area (TPSA) is 0 Å². The fraction of sp³-hybridized carbons (Fsp3) is 0.156. The highest BCUT2D eigenvalue weighted by Gasteiger charge is 2.07. The van der Waals surface area contributed by atoms with Gasteiger partial charge in [-0.1, -0.05) is 515 Å². The summed E-state index contributed by atoms with van der Waals surface area (Å²) in [6, 6.07) is 154. The number of hydrogen-bond acceptors (Lipinski definition) is 0. The molecule has 0 unspecified atom stereocenters. The SMILES string of the molecule is Cc1ccc(-c2ccc(-c3ccc(C)cc3)cc2)cc1.Cc1ccc(-c2ccc(C)cc2)cc1.Cc1ccc(-c2cccc(C)c2)cc1.Cc1ccc(-c2ccccc2C)cc1.Cc1ccc(C)cc1.Cc1cccc(-c2cccc(C)c2)c1.Cc1cccc(-c2ccccc2C)c1.Cc1cccc(C)c1.Cc1ccccc1-c1ccccc1C.Cc1ccccc1C. The molecule has 18 rings (SSSR count). The van der Waals surface area contributed by atoms with Crippen molar-refractivity contribution in [3.63, 3.8) is 0 Å². The average molecular weight is 1670 g/mol. The maximum absolute atomic E-state index is 2.22. The summed E-state index contributed by atoms with van der Waals surface area (Å²) in [5.41, 5.74) is 47.2. The molecular formula is C128H132. The van der Waals surface area contributed by atoms with Crippen molar-refractivity contribution in [1.82, 2.24) is 0 Å². The Hall–Kier alpha value is -14.0. The van der Waals surface area contributed by atoms with Crippen LogP contribution in [0, 0.1) is 138 Å². The summed E-state index contributed by atoms with van der Waals surface area (Å²) in [5.74, 6) is 0. The van der Waals surface area contributed by atoms with Crippen LogP contribution >= 0.6 is 0 Å². The average Bonchev–Trinajstić information content (AvgIpc) is 0.853. The van der Waals surface area contributed by atoms with Gasteiger partial charge in [0.15, 0.2) is 0 Å². The van der Waals surface area contributed by atoms with Crippen LogP contribution in [0.3, 0.4) is 0 Å². The maximum Gasteiger partial charge on any atom is -0.0152 e. The first-order chi connectivity index (χ1) is 61.7. The zero-order valence-electron chi connectivity index (χ0n) is 79.6. The second-order valence-electron chi connectivity index (χ2n) is 33.9. The highest BCUT2D eigenvalue weighted by molar-refractivity contribution is 5.74. The van der Waals surface area contributed by atoms with Gasteiger partial charge in [-0.05, 0) is 261 Å². The van der Waals surface area contributed by atoms with Crippen molar-refractivity contribution in [2.75, 3.05) is 0 Å². The van der Waals surface area contributed by atoms with E-state index < -0.39 is 0 Å². The van der Waals surface area contributed by atoms with Crippen LogP contribution in [0.25, 0.3) is 89.0 Å². The predicted octanol–water partition coefficient (Wildman–Crippen LogP) is 36.4. The molecule has 644 valence electrons. The fourth-order valence-electron chi connectivity index (χ4n) is 14.3. The summed E-state index contributed by atoms with van der Waals surface area (Å²) < 4.78 is 0. The van der Waals surface area contributed by atoms with Gasteiger partial charge < -0.3 is 0 Å². The van der Waals surface area contributed by atoms with Crippen LogP contribution in [-0.4, -0.2) is 0 Å². The Morgan fingerprint density at radius 2 is 0.242 bits per heavy atom. The molecule has 0 aliphatic carbocycles. The van der Waals surface area contributed by atoms with E-state index in [9.17, 15) is 0 Å². The molecular weight excluding hydrogens is 1540 g/mol. The van der Waals surface area contributed by atoms with E-state index in [-0.39, 0.29) is 0 Å². The Labute approximate surface area is 770 Å². The summed E-state index contributed by atoms with van der Waals surface area (Å²) in [6.07, 6.45) is 0. The van der Waals surface area contributed by atoms with Gasteiger partial charge in [-0.2, -0.15) is 0 Å². The van der Waals surface area contributed by atoms with Crippen LogP contribution in [0.5, 0.6) is 0 Å².